The summed E-state index contributed by atoms with van der Waals surface area (Å²) in [6.07, 6.45) is 1.49. The summed E-state index contributed by atoms with van der Waals surface area (Å²) in [6, 6.07) is 14.6. The van der Waals surface area contributed by atoms with Crippen LogP contribution in [0.3, 0.4) is 0 Å². The number of carbonyl (C=O) groups is 1. The van der Waals surface area contributed by atoms with Gasteiger partial charge in [0, 0.05) is 11.7 Å². The average Bonchev–Trinajstić information content (AvgIpc) is 3.22. The summed E-state index contributed by atoms with van der Waals surface area (Å²) in [5, 5.41) is 10.7. The largest absolute Gasteiger partial charge is 0.493 e. The van der Waals surface area contributed by atoms with Gasteiger partial charge in [-0.15, -0.1) is 0 Å². The van der Waals surface area contributed by atoms with Crippen LogP contribution in [0.2, 0.25) is 0 Å². The minimum atomic E-state index is -0.429. The van der Waals surface area contributed by atoms with Gasteiger partial charge < -0.3 is 20.1 Å². The number of aromatic nitrogens is 3. The van der Waals surface area contributed by atoms with E-state index in [4.69, 9.17) is 9.47 Å². The molecule has 1 aliphatic heterocycles. The summed E-state index contributed by atoms with van der Waals surface area (Å²) in [5.74, 6) is 1.38. The molecule has 0 aliphatic carbocycles. The first-order valence-electron chi connectivity index (χ1n) is 9.95. The van der Waals surface area contributed by atoms with Crippen molar-refractivity contribution in [3.05, 3.63) is 60.4 Å². The molecule has 0 fully saturated rings. The molecule has 3 unspecified atom stereocenters. The van der Waals surface area contributed by atoms with Crippen LogP contribution < -0.4 is 20.1 Å². The maximum Gasteiger partial charge on any atom is 0.232 e. The van der Waals surface area contributed by atoms with Crippen LogP contribution in [0.4, 0.5) is 11.6 Å². The van der Waals surface area contributed by atoms with Crippen LogP contribution >= 0.6 is 0 Å². The SMILES string of the molecule is CCOc1ccc(C2C(C(=O)Nc3ccccc3)C(C)Nc3ncnn32)cc1OC. The van der Waals surface area contributed by atoms with Crippen LogP contribution in [-0.4, -0.2) is 40.4 Å². The molecular weight excluding hydrogens is 382 g/mol. The Morgan fingerprint density at radius 2 is 2.00 bits per heavy atom. The van der Waals surface area contributed by atoms with Gasteiger partial charge in [0.25, 0.3) is 0 Å². The van der Waals surface area contributed by atoms with Gasteiger partial charge >= 0.3 is 0 Å². The van der Waals surface area contributed by atoms with Gasteiger partial charge in [0.2, 0.25) is 11.9 Å². The normalized spacial score (nSPS) is 20.0. The fourth-order valence-corrected chi connectivity index (χ4v) is 3.88. The van der Waals surface area contributed by atoms with Crippen LogP contribution in [-0.2, 0) is 4.79 Å². The first-order valence-corrected chi connectivity index (χ1v) is 9.95. The molecule has 4 rings (SSSR count). The van der Waals surface area contributed by atoms with Crippen molar-refractivity contribution in [3.8, 4) is 11.5 Å². The van der Waals surface area contributed by atoms with E-state index < -0.39 is 5.92 Å². The van der Waals surface area contributed by atoms with Gasteiger partial charge in [0.15, 0.2) is 11.5 Å². The van der Waals surface area contributed by atoms with E-state index in [0.717, 1.165) is 11.3 Å². The molecule has 0 radical (unpaired) electrons. The third-order valence-electron chi connectivity index (χ3n) is 5.25. The van der Waals surface area contributed by atoms with Crippen LogP contribution in [0.5, 0.6) is 11.5 Å². The summed E-state index contributed by atoms with van der Waals surface area (Å²) in [6.45, 7) is 4.44. The number of nitrogens with zero attached hydrogens (tertiary/aromatic N) is 3. The number of nitrogens with one attached hydrogen (secondary N) is 2. The number of carbonyl (C=O) groups excluding carboxylic acids is 1. The van der Waals surface area contributed by atoms with E-state index in [1.807, 2.05) is 62.4 Å². The molecule has 0 saturated heterocycles. The van der Waals surface area contributed by atoms with E-state index in [9.17, 15) is 4.79 Å². The topological polar surface area (TPSA) is 90.3 Å². The molecule has 8 heteroatoms. The molecule has 1 aliphatic rings. The number of amides is 1. The molecule has 0 saturated carbocycles. The maximum absolute atomic E-state index is 13.3. The monoisotopic (exact) mass is 407 g/mol. The van der Waals surface area contributed by atoms with Gasteiger partial charge in [0.1, 0.15) is 6.33 Å². The van der Waals surface area contributed by atoms with Gasteiger partial charge in [-0.3, -0.25) is 4.79 Å². The number of rotatable bonds is 6. The second kappa shape index (κ2) is 8.44. The predicted molar refractivity (Wildman–Crippen MR) is 114 cm³/mol. The Morgan fingerprint density at radius 1 is 1.20 bits per heavy atom. The van der Waals surface area contributed by atoms with Crippen LogP contribution in [0.25, 0.3) is 0 Å². The van der Waals surface area contributed by atoms with E-state index in [0.29, 0.717) is 24.1 Å². The van der Waals surface area contributed by atoms with Gasteiger partial charge in [-0.1, -0.05) is 24.3 Å². The quantitative estimate of drug-likeness (QED) is 0.651. The first-order chi connectivity index (χ1) is 14.6. The molecule has 0 bridgehead atoms. The molecule has 0 spiro atoms. The fourth-order valence-electron chi connectivity index (χ4n) is 3.88. The summed E-state index contributed by atoms with van der Waals surface area (Å²) >= 11 is 0. The number of anilines is 2. The summed E-state index contributed by atoms with van der Waals surface area (Å²) in [5.41, 5.74) is 1.64. The highest BCUT2D eigenvalue weighted by Gasteiger charge is 2.41. The molecule has 156 valence electrons. The Labute approximate surface area is 175 Å². The second-order valence-electron chi connectivity index (χ2n) is 7.13. The third kappa shape index (κ3) is 3.68. The van der Waals surface area contributed by atoms with Gasteiger partial charge in [-0.25, -0.2) is 4.68 Å². The zero-order chi connectivity index (χ0) is 21.1. The van der Waals surface area contributed by atoms with E-state index >= 15 is 0 Å². The third-order valence-corrected chi connectivity index (χ3v) is 5.25. The molecule has 3 atom stereocenters. The highest BCUT2D eigenvalue weighted by Crippen LogP contribution is 2.39. The van der Waals surface area contributed by atoms with Gasteiger partial charge in [-0.2, -0.15) is 10.1 Å². The second-order valence-corrected chi connectivity index (χ2v) is 7.13. The number of hydrogen-bond donors (Lipinski definition) is 2. The lowest BCUT2D eigenvalue weighted by atomic mass is 9.85. The lowest BCUT2D eigenvalue weighted by molar-refractivity contribution is -0.121. The van der Waals surface area contributed by atoms with Crippen molar-refractivity contribution in [2.24, 2.45) is 5.92 Å². The fraction of sp³-hybridized carbons (Fsp3) is 0.318. The molecule has 2 N–H and O–H groups in total. The summed E-state index contributed by atoms with van der Waals surface area (Å²) < 4.78 is 12.9. The maximum atomic E-state index is 13.3. The molecule has 2 heterocycles. The Hall–Kier alpha value is -3.55. The molecule has 30 heavy (non-hydrogen) atoms. The smallest absolute Gasteiger partial charge is 0.232 e. The van der Waals surface area contributed by atoms with Crippen molar-refractivity contribution in [2.45, 2.75) is 25.9 Å². The molecular formula is C22H25N5O3. The number of ether oxygens (including phenoxy) is 2. The van der Waals surface area contributed by atoms with Crippen LogP contribution in [0, 0.1) is 5.92 Å². The van der Waals surface area contributed by atoms with E-state index in [-0.39, 0.29) is 18.0 Å². The zero-order valence-electron chi connectivity index (χ0n) is 17.2. The summed E-state index contributed by atoms with van der Waals surface area (Å²) in [4.78, 5) is 17.7. The molecule has 1 aromatic heterocycles. The van der Waals surface area contributed by atoms with Crippen molar-refractivity contribution in [1.29, 1.82) is 0 Å². The molecule has 8 nitrogen and oxygen atoms in total. The van der Waals surface area contributed by atoms with E-state index in [1.165, 1.54) is 6.33 Å². The average molecular weight is 407 g/mol. The minimum Gasteiger partial charge on any atom is -0.493 e. The summed E-state index contributed by atoms with van der Waals surface area (Å²) in [7, 11) is 1.60. The van der Waals surface area contributed by atoms with Crippen molar-refractivity contribution in [3.63, 3.8) is 0 Å². The van der Waals surface area contributed by atoms with E-state index in [2.05, 4.69) is 20.7 Å². The number of benzene rings is 2. The minimum absolute atomic E-state index is 0.0970. The Balaban J connectivity index is 1.74. The van der Waals surface area contributed by atoms with Gasteiger partial charge in [-0.05, 0) is 43.7 Å². The zero-order valence-corrected chi connectivity index (χ0v) is 17.2. The molecule has 2 aromatic carbocycles. The molecule has 1 amide bonds. The van der Waals surface area contributed by atoms with Crippen molar-refractivity contribution < 1.29 is 14.3 Å². The Kier molecular flexibility index (Phi) is 5.56. The lowest BCUT2D eigenvalue weighted by Crippen LogP contribution is -2.46. The highest BCUT2D eigenvalue weighted by molar-refractivity contribution is 5.94. The number of methoxy groups -OCH3 is 1. The number of fused-ring (bicyclic) bond motifs is 1. The predicted octanol–water partition coefficient (Wildman–Crippen LogP) is 3.34. The highest BCUT2D eigenvalue weighted by atomic mass is 16.5. The van der Waals surface area contributed by atoms with Crippen molar-refractivity contribution >= 4 is 17.5 Å². The number of para-hydroxylation sites is 1. The van der Waals surface area contributed by atoms with E-state index in [1.54, 1.807) is 11.8 Å². The molecule has 3 aromatic rings. The Morgan fingerprint density at radius 3 is 2.73 bits per heavy atom. The van der Waals surface area contributed by atoms with Crippen LogP contribution in [0.15, 0.2) is 54.9 Å². The lowest BCUT2D eigenvalue weighted by Gasteiger charge is -2.37. The van der Waals surface area contributed by atoms with Crippen molar-refractivity contribution in [2.75, 3.05) is 24.4 Å². The van der Waals surface area contributed by atoms with Crippen molar-refractivity contribution in [1.82, 2.24) is 14.8 Å². The van der Waals surface area contributed by atoms with Crippen LogP contribution in [0.1, 0.15) is 25.5 Å². The first kappa shape index (κ1) is 19.8. The standard InChI is InChI=1S/C22H25N5O3/c1-4-30-17-11-10-15(12-18(17)29-3)20-19(14(2)25-22-23-13-24-27(20)22)21(28)26-16-8-6-5-7-9-16/h5-14,19-20H,4H2,1-3H3,(H,26,28)(H,23,24,25). The van der Waals surface area contributed by atoms with Gasteiger partial charge in [0.05, 0.1) is 25.7 Å². The Bertz CT molecular complexity index is 1020. The number of hydrogen-bond acceptors (Lipinski definition) is 6.